The van der Waals surface area contributed by atoms with Crippen molar-refractivity contribution in [1.82, 2.24) is 5.32 Å². The average Bonchev–Trinajstić information content (AvgIpc) is 2.46. The molecule has 19 heavy (non-hydrogen) atoms. The Morgan fingerprint density at radius 1 is 1.21 bits per heavy atom. The highest BCUT2D eigenvalue weighted by Gasteiger charge is 2.07. The summed E-state index contributed by atoms with van der Waals surface area (Å²) in [5.74, 6) is 0. The quantitative estimate of drug-likeness (QED) is 0.633. The molecule has 4 heteroatoms. The van der Waals surface area contributed by atoms with E-state index in [2.05, 4.69) is 17.4 Å². The van der Waals surface area contributed by atoms with E-state index in [-0.39, 0.29) is 12.1 Å². The zero-order valence-corrected chi connectivity index (χ0v) is 12.0. The molecule has 108 valence electrons. The van der Waals surface area contributed by atoms with Gasteiger partial charge in [0.2, 0.25) is 0 Å². The van der Waals surface area contributed by atoms with Gasteiger partial charge in [-0.05, 0) is 24.9 Å². The van der Waals surface area contributed by atoms with Gasteiger partial charge in [0.05, 0.1) is 12.7 Å². The molecule has 3 N–H and O–H groups in total. The Morgan fingerprint density at radius 2 is 1.95 bits per heavy atom. The SMILES string of the molecule is COCC(CNCCCC(N)c1ccccc1)OC. The molecule has 0 aromatic heterocycles. The van der Waals surface area contributed by atoms with Crippen LogP contribution in [-0.4, -0.2) is 40.0 Å². The molecule has 4 nitrogen and oxygen atoms in total. The Bertz CT molecular complexity index is 319. The van der Waals surface area contributed by atoms with Crippen molar-refractivity contribution >= 4 is 0 Å². The van der Waals surface area contributed by atoms with Crippen LogP contribution in [0.4, 0.5) is 0 Å². The fourth-order valence-corrected chi connectivity index (χ4v) is 1.97. The van der Waals surface area contributed by atoms with Gasteiger partial charge in [-0.3, -0.25) is 0 Å². The van der Waals surface area contributed by atoms with Crippen LogP contribution in [-0.2, 0) is 9.47 Å². The molecule has 0 spiro atoms. The van der Waals surface area contributed by atoms with Crippen molar-refractivity contribution in [3.63, 3.8) is 0 Å². The van der Waals surface area contributed by atoms with E-state index in [0.717, 1.165) is 25.9 Å². The molecule has 1 aromatic rings. The summed E-state index contributed by atoms with van der Waals surface area (Å²) in [5, 5.41) is 3.37. The molecular weight excluding hydrogens is 240 g/mol. The lowest BCUT2D eigenvalue weighted by Gasteiger charge is -2.16. The number of hydrogen-bond acceptors (Lipinski definition) is 4. The number of hydrogen-bond donors (Lipinski definition) is 2. The number of benzene rings is 1. The van der Waals surface area contributed by atoms with Crippen LogP contribution in [0.3, 0.4) is 0 Å². The molecule has 0 aliphatic carbocycles. The topological polar surface area (TPSA) is 56.5 Å². The third-order valence-electron chi connectivity index (χ3n) is 3.15. The third-order valence-corrected chi connectivity index (χ3v) is 3.15. The molecule has 2 atom stereocenters. The monoisotopic (exact) mass is 266 g/mol. The van der Waals surface area contributed by atoms with Crippen LogP contribution in [0.1, 0.15) is 24.4 Å². The van der Waals surface area contributed by atoms with Crippen molar-refractivity contribution in [2.45, 2.75) is 25.0 Å². The first-order valence-electron chi connectivity index (χ1n) is 6.81. The molecule has 0 aliphatic heterocycles. The van der Waals surface area contributed by atoms with Crippen LogP contribution in [0.5, 0.6) is 0 Å². The van der Waals surface area contributed by atoms with Crippen LogP contribution in [0.2, 0.25) is 0 Å². The molecule has 0 bridgehead atoms. The van der Waals surface area contributed by atoms with Gasteiger partial charge in [0.1, 0.15) is 0 Å². The second-order valence-corrected chi connectivity index (χ2v) is 4.68. The molecular formula is C15H26N2O2. The molecule has 1 rings (SSSR count). The molecule has 0 heterocycles. The fraction of sp³-hybridized carbons (Fsp3) is 0.600. The lowest BCUT2D eigenvalue weighted by atomic mass is 10.0. The van der Waals surface area contributed by atoms with Crippen LogP contribution >= 0.6 is 0 Å². The van der Waals surface area contributed by atoms with E-state index in [4.69, 9.17) is 15.2 Å². The van der Waals surface area contributed by atoms with Crippen molar-refractivity contribution in [3.05, 3.63) is 35.9 Å². The van der Waals surface area contributed by atoms with E-state index in [1.807, 2.05) is 18.2 Å². The fourth-order valence-electron chi connectivity index (χ4n) is 1.97. The third kappa shape index (κ3) is 6.68. The van der Waals surface area contributed by atoms with E-state index < -0.39 is 0 Å². The van der Waals surface area contributed by atoms with Gasteiger partial charge in [-0.25, -0.2) is 0 Å². The van der Waals surface area contributed by atoms with Gasteiger partial charge < -0.3 is 20.5 Å². The van der Waals surface area contributed by atoms with Gasteiger partial charge in [-0.2, -0.15) is 0 Å². The predicted molar refractivity (Wildman–Crippen MR) is 78.1 cm³/mol. The maximum Gasteiger partial charge on any atom is 0.0928 e. The van der Waals surface area contributed by atoms with Gasteiger partial charge in [-0.15, -0.1) is 0 Å². The summed E-state index contributed by atoms with van der Waals surface area (Å²) in [6, 6.07) is 10.4. The lowest BCUT2D eigenvalue weighted by molar-refractivity contribution is 0.0290. The van der Waals surface area contributed by atoms with E-state index >= 15 is 0 Å². The smallest absolute Gasteiger partial charge is 0.0928 e. The largest absolute Gasteiger partial charge is 0.382 e. The van der Waals surface area contributed by atoms with Crippen molar-refractivity contribution in [2.75, 3.05) is 33.9 Å². The summed E-state index contributed by atoms with van der Waals surface area (Å²) < 4.78 is 10.3. The van der Waals surface area contributed by atoms with E-state index in [9.17, 15) is 0 Å². The molecule has 2 unspecified atom stereocenters. The van der Waals surface area contributed by atoms with Crippen LogP contribution in [0.15, 0.2) is 30.3 Å². The van der Waals surface area contributed by atoms with Crippen LogP contribution in [0, 0.1) is 0 Å². The standard InChI is InChI=1S/C15H26N2O2/c1-18-12-14(19-2)11-17-10-6-9-15(16)13-7-4-3-5-8-13/h3-5,7-8,14-15,17H,6,9-12,16H2,1-2H3. The summed E-state index contributed by atoms with van der Waals surface area (Å²) in [4.78, 5) is 0. The van der Waals surface area contributed by atoms with Crippen molar-refractivity contribution in [3.8, 4) is 0 Å². The molecule has 0 fully saturated rings. The van der Waals surface area contributed by atoms with Gasteiger partial charge in [0, 0.05) is 26.8 Å². The molecule has 0 aliphatic rings. The number of methoxy groups -OCH3 is 2. The number of nitrogens with one attached hydrogen (secondary N) is 1. The maximum absolute atomic E-state index is 6.14. The van der Waals surface area contributed by atoms with Crippen molar-refractivity contribution in [2.24, 2.45) is 5.73 Å². The molecule has 0 saturated heterocycles. The number of ether oxygens (including phenoxy) is 2. The highest BCUT2D eigenvalue weighted by Crippen LogP contribution is 2.14. The minimum Gasteiger partial charge on any atom is -0.382 e. The van der Waals surface area contributed by atoms with E-state index in [1.165, 1.54) is 5.56 Å². The molecule has 1 aromatic carbocycles. The summed E-state index contributed by atoms with van der Waals surface area (Å²) in [5.41, 5.74) is 7.34. The second kappa shape index (κ2) is 9.92. The Morgan fingerprint density at radius 3 is 2.58 bits per heavy atom. The zero-order valence-electron chi connectivity index (χ0n) is 12.0. The first-order valence-corrected chi connectivity index (χ1v) is 6.81. The van der Waals surface area contributed by atoms with Gasteiger partial charge in [0.25, 0.3) is 0 Å². The van der Waals surface area contributed by atoms with Crippen molar-refractivity contribution in [1.29, 1.82) is 0 Å². The Balaban J connectivity index is 2.10. The number of rotatable bonds is 10. The van der Waals surface area contributed by atoms with Gasteiger partial charge in [-0.1, -0.05) is 30.3 Å². The summed E-state index contributed by atoms with van der Waals surface area (Å²) >= 11 is 0. The zero-order chi connectivity index (χ0) is 13.9. The Labute approximate surface area is 116 Å². The lowest BCUT2D eigenvalue weighted by Crippen LogP contribution is -2.32. The molecule has 0 saturated carbocycles. The van der Waals surface area contributed by atoms with Gasteiger partial charge >= 0.3 is 0 Å². The normalized spacial score (nSPS) is 14.3. The predicted octanol–water partition coefficient (Wildman–Crippen LogP) is 1.72. The summed E-state index contributed by atoms with van der Waals surface area (Å²) in [6.45, 7) is 2.38. The minimum atomic E-state index is 0.118. The molecule has 0 amide bonds. The van der Waals surface area contributed by atoms with Gasteiger partial charge in [0.15, 0.2) is 0 Å². The summed E-state index contributed by atoms with van der Waals surface area (Å²) in [7, 11) is 3.39. The van der Waals surface area contributed by atoms with Crippen molar-refractivity contribution < 1.29 is 9.47 Å². The molecule has 0 radical (unpaired) electrons. The summed E-state index contributed by atoms with van der Waals surface area (Å²) in [6.07, 6.45) is 2.16. The first kappa shape index (κ1) is 16.1. The second-order valence-electron chi connectivity index (χ2n) is 4.68. The van der Waals surface area contributed by atoms with E-state index in [0.29, 0.717) is 6.61 Å². The maximum atomic E-state index is 6.14. The number of nitrogens with two attached hydrogens (primary N) is 1. The Kier molecular flexibility index (Phi) is 8.41. The highest BCUT2D eigenvalue weighted by atomic mass is 16.5. The highest BCUT2D eigenvalue weighted by molar-refractivity contribution is 5.18. The van der Waals surface area contributed by atoms with E-state index in [1.54, 1.807) is 14.2 Å². The van der Waals surface area contributed by atoms with Crippen LogP contribution < -0.4 is 11.1 Å². The Hall–Kier alpha value is -0.940. The first-order chi connectivity index (χ1) is 9.27. The minimum absolute atomic E-state index is 0.118. The average molecular weight is 266 g/mol. The van der Waals surface area contributed by atoms with Crippen LogP contribution in [0.25, 0.3) is 0 Å².